The molecule has 1 saturated carbocycles. The second kappa shape index (κ2) is 6.91. The molecule has 1 fully saturated rings. The minimum Gasteiger partial charge on any atom is -0.495 e. The predicted octanol–water partition coefficient (Wildman–Crippen LogP) is 2.17. The van der Waals surface area contributed by atoms with Gasteiger partial charge in [0.15, 0.2) is 0 Å². The molecule has 2 unspecified atom stereocenters. The zero-order valence-electron chi connectivity index (χ0n) is 12.7. The van der Waals surface area contributed by atoms with Gasteiger partial charge < -0.3 is 20.5 Å². The maximum absolute atomic E-state index is 12.0. The van der Waals surface area contributed by atoms with Crippen LogP contribution in [0.1, 0.15) is 26.2 Å². The van der Waals surface area contributed by atoms with Crippen molar-refractivity contribution in [3.05, 3.63) is 24.3 Å². The third-order valence-corrected chi connectivity index (χ3v) is 4.08. The summed E-state index contributed by atoms with van der Waals surface area (Å²) in [5.41, 5.74) is 6.15. The normalized spacial score (nSPS) is 24.8. The van der Waals surface area contributed by atoms with E-state index in [9.17, 15) is 4.79 Å². The maximum Gasteiger partial charge on any atom is 0.250 e. The predicted molar refractivity (Wildman–Crippen MR) is 82.4 cm³/mol. The first-order chi connectivity index (χ1) is 10.1. The highest BCUT2D eigenvalue weighted by Crippen LogP contribution is 2.36. The van der Waals surface area contributed by atoms with Gasteiger partial charge in [0.25, 0.3) is 5.91 Å². The summed E-state index contributed by atoms with van der Waals surface area (Å²) in [6, 6.07) is 7.30. The molecule has 1 amide bonds. The highest BCUT2D eigenvalue weighted by atomic mass is 16.5. The number of anilines is 1. The van der Waals surface area contributed by atoms with Crippen molar-refractivity contribution in [1.29, 1.82) is 0 Å². The quantitative estimate of drug-likeness (QED) is 0.842. The Balaban J connectivity index is 1.90. The van der Waals surface area contributed by atoms with Crippen LogP contribution in [-0.4, -0.2) is 31.8 Å². The standard InChI is InChI=1S/C16H24N2O3/c1-12-7-8-16(9-12,11-17)21-10-15(19)18-13-5-3-4-6-14(13)20-2/h3-6,12H,7-11,17H2,1-2H3,(H,18,19). The summed E-state index contributed by atoms with van der Waals surface area (Å²) in [5, 5.41) is 2.81. The van der Waals surface area contributed by atoms with Crippen LogP contribution in [0, 0.1) is 5.92 Å². The molecule has 21 heavy (non-hydrogen) atoms. The van der Waals surface area contributed by atoms with E-state index in [1.807, 2.05) is 12.1 Å². The van der Waals surface area contributed by atoms with Gasteiger partial charge in [0.2, 0.25) is 0 Å². The summed E-state index contributed by atoms with van der Waals surface area (Å²) in [6.07, 6.45) is 2.95. The molecule has 0 saturated heterocycles. The van der Waals surface area contributed by atoms with Crippen molar-refractivity contribution in [1.82, 2.24) is 0 Å². The molecule has 0 aromatic heterocycles. The zero-order chi connectivity index (χ0) is 15.3. The van der Waals surface area contributed by atoms with Gasteiger partial charge in [-0.3, -0.25) is 4.79 Å². The first-order valence-corrected chi connectivity index (χ1v) is 7.35. The van der Waals surface area contributed by atoms with Crippen LogP contribution < -0.4 is 15.8 Å². The number of nitrogens with two attached hydrogens (primary N) is 1. The summed E-state index contributed by atoms with van der Waals surface area (Å²) in [6.45, 7) is 2.66. The van der Waals surface area contributed by atoms with Gasteiger partial charge in [-0.05, 0) is 37.3 Å². The fourth-order valence-electron chi connectivity index (χ4n) is 2.88. The second-order valence-electron chi connectivity index (χ2n) is 5.77. The van der Waals surface area contributed by atoms with E-state index in [2.05, 4.69) is 12.2 Å². The Kier molecular flexibility index (Phi) is 5.20. The van der Waals surface area contributed by atoms with Crippen LogP contribution >= 0.6 is 0 Å². The molecule has 1 aromatic rings. The number of amides is 1. The van der Waals surface area contributed by atoms with Crippen molar-refractivity contribution in [2.45, 2.75) is 31.8 Å². The number of benzene rings is 1. The van der Waals surface area contributed by atoms with Crippen molar-refractivity contribution in [2.75, 3.05) is 25.6 Å². The molecule has 1 aliphatic carbocycles. The fourth-order valence-corrected chi connectivity index (χ4v) is 2.88. The first-order valence-electron chi connectivity index (χ1n) is 7.35. The number of hydrogen-bond donors (Lipinski definition) is 2. The summed E-state index contributed by atoms with van der Waals surface area (Å²) < 4.78 is 11.0. The lowest BCUT2D eigenvalue weighted by Crippen LogP contribution is -2.40. The SMILES string of the molecule is COc1ccccc1NC(=O)COC1(CN)CCC(C)C1. The lowest BCUT2D eigenvalue weighted by Gasteiger charge is -2.27. The van der Waals surface area contributed by atoms with E-state index in [4.69, 9.17) is 15.2 Å². The molecule has 5 heteroatoms. The lowest BCUT2D eigenvalue weighted by molar-refractivity contribution is -0.127. The average molecular weight is 292 g/mol. The molecule has 3 N–H and O–H groups in total. The Morgan fingerprint density at radius 2 is 2.24 bits per heavy atom. The molecule has 5 nitrogen and oxygen atoms in total. The monoisotopic (exact) mass is 292 g/mol. The average Bonchev–Trinajstić information content (AvgIpc) is 2.88. The van der Waals surface area contributed by atoms with Crippen LogP contribution in [0.5, 0.6) is 5.75 Å². The third-order valence-electron chi connectivity index (χ3n) is 4.08. The molecule has 0 heterocycles. The Morgan fingerprint density at radius 3 is 2.86 bits per heavy atom. The van der Waals surface area contributed by atoms with Gasteiger partial charge in [-0.15, -0.1) is 0 Å². The van der Waals surface area contributed by atoms with E-state index < -0.39 is 0 Å². The zero-order valence-corrected chi connectivity index (χ0v) is 12.7. The third kappa shape index (κ3) is 3.95. The van der Waals surface area contributed by atoms with Crippen molar-refractivity contribution in [2.24, 2.45) is 11.7 Å². The van der Waals surface area contributed by atoms with Crippen molar-refractivity contribution in [3.8, 4) is 5.75 Å². The van der Waals surface area contributed by atoms with E-state index >= 15 is 0 Å². The van der Waals surface area contributed by atoms with E-state index in [1.54, 1.807) is 19.2 Å². The van der Waals surface area contributed by atoms with E-state index in [-0.39, 0.29) is 18.1 Å². The maximum atomic E-state index is 12.0. The van der Waals surface area contributed by atoms with E-state index in [1.165, 1.54) is 0 Å². The second-order valence-corrected chi connectivity index (χ2v) is 5.77. The van der Waals surface area contributed by atoms with Crippen LogP contribution in [0.15, 0.2) is 24.3 Å². The molecule has 0 radical (unpaired) electrons. The van der Waals surface area contributed by atoms with Gasteiger partial charge in [0.1, 0.15) is 12.4 Å². The topological polar surface area (TPSA) is 73.6 Å². The molecule has 0 aliphatic heterocycles. The van der Waals surface area contributed by atoms with Crippen LogP contribution in [0.25, 0.3) is 0 Å². The van der Waals surface area contributed by atoms with Crippen molar-refractivity contribution in [3.63, 3.8) is 0 Å². The minimum atomic E-state index is -0.336. The highest BCUT2D eigenvalue weighted by molar-refractivity contribution is 5.93. The number of carbonyl (C=O) groups excluding carboxylic acids is 1. The number of rotatable bonds is 6. The van der Waals surface area contributed by atoms with Gasteiger partial charge in [0, 0.05) is 6.54 Å². The molecule has 116 valence electrons. The van der Waals surface area contributed by atoms with Crippen LogP contribution in [0.2, 0.25) is 0 Å². The first kappa shape index (κ1) is 15.8. The smallest absolute Gasteiger partial charge is 0.250 e. The van der Waals surface area contributed by atoms with Gasteiger partial charge in [-0.25, -0.2) is 0 Å². The summed E-state index contributed by atoms with van der Waals surface area (Å²) in [4.78, 5) is 12.0. The highest BCUT2D eigenvalue weighted by Gasteiger charge is 2.37. The largest absolute Gasteiger partial charge is 0.495 e. The van der Waals surface area contributed by atoms with Gasteiger partial charge in [0.05, 0.1) is 18.4 Å². The molecule has 2 atom stereocenters. The Bertz CT molecular complexity index is 492. The van der Waals surface area contributed by atoms with Crippen LogP contribution in [0.4, 0.5) is 5.69 Å². The van der Waals surface area contributed by atoms with Gasteiger partial charge in [-0.2, -0.15) is 0 Å². The molecular formula is C16H24N2O3. The van der Waals surface area contributed by atoms with E-state index in [0.29, 0.717) is 23.9 Å². The van der Waals surface area contributed by atoms with Crippen LogP contribution in [-0.2, 0) is 9.53 Å². The number of carbonyl (C=O) groups is 1. The number of methoxy groups -OCH3 is 1. The molecule has 2 rings (SSSR count). The van der Waals surface area contributed by atoms with Crippen molar-refractivity contribution >= 4 is 11.6 Å². The van der Waals surface area contributed by atoms with Crippen LogP contribution in [0.3, 0.4) is 0 Å². The number of para-hydroxylation sites is 2. The Morgan fingerprint density at radius 1 is 1.48 bits per heavy atom. The summed E-state index contributed by atoms with van der Waals surface area (Å²) in [7, 11) is 1.57. The molecule has 1 aliphatic rings. The van der Waals surface area contributed by atoms with E-state index in [0.717, 1.165) is 19.3 Å². The molecule has 1 aromatic carbocycles. The Labute approximate surface area is 125 Å². The summed E-state index contributed by atoms with van der Waals surface area (Å²) >= 11 is 0. The minimum absolute atomic E-state index is 0.0158. The number of nitrogens with one attached hydrogen (secondary N) is 1. The lowest BCUT2D eigenvalue weighted by atomic mass is 10.0. The number of ether oxygens (including phenoxy) is 2. The molecule has 0 bridgehead atoms. The van der Waals surface area contributed by atoms with Crippen molar-refractivity contribution < 1.29 is 14.3 Å². The molecular weight excluding hydrogens is 268 g/mol. The number of hydrogen-bond acceptors (Lipinski definition) is 4. The fraction of sp³-hybridized carbons (Fsp3) is 0.562. The summed E-state index contributed by atoms with van der Waals surface area (Å²) in [5.74, 6) is 1.05. The Hall–Kier alpha value is -1.59. The molecule has 0 spiro atoms. The van der Waals surface area contributed by atoms with Gasteiger partial charge in [-0.1, -0.05) is 19.1 Å². The van der Waals surface area contributed by atoms with Gasteiger partial charge >= 0.3 is 0 Å².